The summed E-state index contributed by atoms with van der Waals surface area (Å²) in [5.41, 5.74) is 5.92. The zero-order valence-corrected chi connectivity index (χ0v) is 17.3. The van der Waals surface area contributed by atoms with Gasteiger partial charge in [-0.3, -0.25) is 0 Å². The van der Waals surface area contributed by atoms with E-state index in [1.165, 1.54) is 42.4 Å². The lowest BCUT2D eigenvalue weighted by molar-refractivity contribution is 0.158. The molecule has 0 N–H and O–H groups in total. The Morgan fingerprint density at radius 3 is 2.60 bits per heavy atom. The molecule has 0 atom stereocenters. The molecular weight excluding hydrogens is 304 g/mol. The molecule has 25 heavy (non-hydrogen) atoms. The normalized spacial score (nSPS) is 19.4. The molecule has 0 amide bonds. The minimum absolute atomic E-state index is 0.312. The largest absolute Gasteiger partial charge is 0.377 e. The topological polar surface area (TPSA) is 9.23 Å². The van der Waals surface area contributed by atoms with Gasteiger partial charge in [0.1, 0.15) is 0 Å². The van der Waals surface area contributed by atoms with Crippen molar-refractivity contribution < 1.29 is 4.74 Å². The van der Waals surface area contributed by atoms with Crippen LogP contribution in [0.3, 0.4) is 0 Å². The molecule has 1 aliphatic rings. The molecule has 0 heterocycles. The van der Waals surface area contributed by atoms with Crippen molar-refractivity contribution in [2.75, 3.05) is 13.2 Å². The van der Waals surface area contributed by atoms with Gasteiger partial charge in [0.05, 0.1) is 6.61 Å². The Labute approximate surface area is 156 Å². The van der Waals surface area contributed by atoms with E-state index in [0.717, 1.165) is 13.0 Å². The molecule has 0 bridgehead atoms. The highest BCUT2D eigenvalue weighted by Gasteiger charge is 2.26. The van der Waals surface area contributed by atoms with Gasteiger partial charge in [0.25, 0.3) is 0 Å². The summed E-state index contributed by atoms with van der Waals surface area (Å²) in [4.78, 5) is 0. The Balaban J connectivity index is 2.56. The molecule has 1 aliphatic carbocycles. The van der Waals surface area contributed by atoms with E-state index >= 15 is 0 Å². The number of unbranched alkanes of at least 4 members (excludes halogenated alkanes) is 1. The minimum Gasteiger partial charge on any atom is -0.377 e. The van der Waals surface area contributed by atoms with E-state index < -0.39 is 0 Å². The van der Waals surface area contributed by atoms with Gasteiger partial charge in [-0.05, 0) is 57.4 Å². The van der Waals surface area contributed by atoms with Gasteiger partial charge in [0.15, 0.2) is 0 Å². The summed E-state index contributed by atoms with van der Waals surface area (Å²) in [5, 5.41) is 0. The summed E-state index contributed by atoms with van der Waals surface area (Å²) in [5.74, 6) is 0. The monoisotopic (exact) mass is 342 g/mol. The van der Waals surface area contributed by atoms with Gasteiger partial charge in [-0.2, -0.15) is 0 Å². The van der Waals surface area contributed by atoms with Crippen LogP contribution in [0.2, 0.25) is 0 Å². The van der Waals surface area contributed by atoms with E-state index in [9.17, 15) is 0 Å². The summed E-state index contributed by atoms with van der Waals surface area (Å²) in [6.45, 7) is 15.1. The summed E-state index contributed by atoms with van der Waals surface area (Å²) < 4.78 is 5.57. The van der Waals surface area contributed by atoms with Gasteiger partial charge in [-0.1, -0.05) is 80.4 Å². The molecule has 0 aliphatic heterocycles. The van der Waals surface area contributed by atoms with E-state index in [1.54, 1.807) is 5.57 Å². The molecule has 0 unspecified atom stereocenters. The fourth-order valence-corrected chi connectivity index (χ4v) is 3.22. The molecule has 0 aromatic rings. The Morgan fingerprint density at radius 2 is 1.92 bits per heavy atom. The first-order valence-corrected chi connectivity index (χ1v) is 9.84. The average Bonchev–Trinajstić information content (AvgIpc) is 2.53. The maximum absolute atomic E-state index is 5.57. The van der Waals surface area contributed by atoms with Crippen LogP contribution in [0.25, 0.3) is 0 Å². The SMILES string of the molecule is CCCCOC\C=C(C)/C=C\C=C(C)/C=C\C1=C(C)CCCC1(C)C. The molecular formula is C24H38O. The molecule has 0 fully saturated rings. The standard InChI is InChI=1S/C24H38O/c1-7-8-18-25-19-16-21(3)12-9-11-20(2)14-15-23-22(4)13-10-17-24(23,5)6/h9,11-12,14-16H,7-8,10,13,17-19H2,1-6H3/b12-9-,15-14-,20-11-,21-16-. The van der Waals surface area contributed by atoms with Crippen molar-refractivity contribution in [2.24, 2.45) is 5.41 Å². The second-order valence-electron chi connectivity index (χ2n) is 7.91. The van der Waals surface area contributed by atoms with Crippen molar-refractivity contribution in [2.45, 2.75) is 73.6 Å². The second kappa shape index (κ2) is 11.3. The lowest BCUT2D eigenvalue weighted by Gasteiger charge is -2.32. The highest BCUT2D eigenvalue weighted by atomic mass is 16.5. The van der Waals surface area contributed by atoms with Crippen LogP contribution in [-0.4, -0.2) is 13.2 Å². The van der Waals surface area contributed by atoms with Gasteiger partial charge < -0.3 is 4.74 Å². The van der Waals surface area contributed by atoms with E-state index in [4.69, 9.17) is 4.74 Å². The number of hydrogen-bond donors (Lipinski definition) is 0. The Hall–Kier alpha value is -1.34. The van der Waals surface area contributed by atoms with E-state index in [-0.39, 0.29) is 0 Å². The molecule has 0 aromatic heterocycles. The molecule has 0 saturated carbocycles. The second-order valence-corrected chi connectivity index (χ2v) is 7.91. The molecule has 1 nitrogen and oxygen atoms in total. The zero-order chi connectivity index (χ0) is 18.7. The van der Waals surface area contributed by atoms with Crippen LogP contribution in [0.1, 0.15) is 73.6 Å². The lowest BCUT2D eigenvalue weighted by Crippen LogP contribution is -2.19. The Kier molecular flexibility index (Phi) is 9.82. The van der Waals surface area contributed by atoms with Gasteiger partial charge in [0.2, 0.25) is 0 Å². The average molecular weight is 343 g/mol. The summed E-state index contributed by atoms with van der Waals surface area (Å²) in [6, 6.07) is 0. The van der Waals surface area contributed by atoms with Crippen molar-refractivity contribution in [3.05, 3.63) is 58.7 Å². The van der Waals surface area contributed by atoms with Crippen LogP contribution in [0.4, 0.5) is 0 Å². The van der Waals surface area contributed by atoms with Crippen LogP contribution in [0.15, 0.2) is 58.7 Å². The predicted octanol–water partition coefficient (Wildman–Crippen LogP) is 7.33. The molecule has 1 heteroatoms. The van der Waals surface area contributed by atoms with Gasteiger partial charge in [0, 0.05) is 6.61 Å². The minimum atomic E-state index is 0.312. The first-order valence-electron chi connectivity index (χ1n) is 9.84. The molecule has 1 rings (SSSR count). The van der Waals surface area contributed by atoms with Crippen molar-refractivity contribution in [3.63, 3.8) is 0 Å². The third kappa shape index (κ3) is 8.54. The van der Waals surface area contributed by atoms with E-state index in [2.05, 4.69) is 78.0 Å². The Morgan fingerprint density at radius 1 is 1.16 bits per heavy atom. The van der Waals surface area contributed by atoms with Gasteiger partial charge in [-0.25, -0.2) is 0 Å². The van der Waals surface area contributed by atoms with Crippen molar-refractivity contribution in [3.8, 4) is 0 Å². The maximum Gasteiger partial charge on any atom is 0.0653 e. The Bertz CT molecular complexity index is 553. The molecule has 140 valence electrons. The zero-order valence-electron chi connectivity index (χ0n) is 17.3. The predicted molar refractivity (Wildman–Crippen MR) is 112 cm³/mol. The van der Waals surface area contributed by atoms with Crippen LogP contribution >= 0.6 is 0 Å². The smallest absolute Gasteiger partial charge is 0.0653 e. The lowest BCUT2D eigenvalue weighted by atomic mass is 9.72. The highest BCUT2D eigenvalue weighted by molar-refractivity contribution is 5.37. The third-order valence-corrected chi connectivity index (χ3v) is 4.94. The van der Waals surface area contributed by atoms with Crippen LogP contribution in [0.5, 0.6) is 0 Å². The molecule has 0 spiro atoms. The number of ether oxygens (including phenoxy) is 1. The summed E-state index contributed by atoms with van der Waals surface area (Å²) in [6.07, 6.45) is 19.4. The molecule has 0 radical (unpaired) electrons. The van der Waals surface area contributed by atoms with Gasteiger partial charge >= 0.3 is 0 Å². The third-order valence-electron chi connectivity index (χ3n) is 4.94. The number of allylic oxidation sites excluding steroid dienone is 9. The molecule has 0 saturated heterocycles. The number of hydrogen-bond acceptors (Lipinski definition) is 1. The van der Waals surface area contributed by atoms with Crippen LogP contribution in [-0.2, 0) is 4.74 Å². The van der Waals surface area contributed by atoms with Crippen molar-refractivity contribution >= 4 is 0 Å². The fraction of sp³-hybridized carbons (Fsp3) is 0.583. The van der Waals surface area contributed by atoms with E-state index in [0.29, 0.717) is 12.0 Å². The van der Waals surface area contributed by atoms with E-state index in [1.807, 2.05) is 0 Å². The summed E-state index contributed by atoms with van der Waals surface area (Å²) >= 11 is 0. The highest BCUT2D eigenvalue weighted by Crippen LogP contribution is 2.40. The fourth-order valence-electron chi connectivity index (χ4n) is 3.22. The molecule has 0 aromatic carbocycles. The maximum atomic E-state index is 5.57. The first kappa shape index (κ1) is 21.7. The van der Waals surface area contributed by atoms with Crippen molar-refractivity contribution in [1.29, 1.82) is 0 Å². The first-order chi connectivity index (χ1) is 11.9. The van der Waals surface area contributed by atoms with Crippen LogP contribution in [0, 0.1) is 5.41 Å². The van der Waals surface area contributed by atoms with Gasteiger partial charge in [-0.15, -0.1) is 0 Å². The quantitative estimate of drug-likeness (QED) is 0.315. The summed E-state index contributed by atoms with van der Waals surface area (Å²) in [7, 11) is 0. The van der Waals surface area contributed by atoms with Crippen molar-refractivity contribution in [1.82, 2.24) is 0 Å². The number of rotatable bonds is 9. The van der Waals surface area contributed by atoms with Crippen LogP contribution < -0.4 is 0 Å².